The molecule has 2 rings (SSSR count). The topological polar surface area (TPSA) is 63.6 Å². The Kier molecular flexibility index (Phi) is 4.54. The summed E-state index contributed by atoms with van der Waals surface area (Å²) in [4.78, 5) is 23.6. The zero-order valence-electron chi connectivity index (χ0n) is 10.6. The van der Waals surface area contributed by atoms with Crippen molar-refractivity contribution in [1.82, 2.24) is 0 Å². The molecule has 102 valence electrons. The smallest absolute Gasteiger partial charge is 0.323 e. The number of benzene rings is 1. The number of esters is 1. The number of carboxylic acids is 1. The molecule has 1 aromatic rings. The van der Waals surface area contributed by atoms with Crippen LogP contribution in [0, 0.1) is 5.41 Å². The van der Waals surface area contributed by atoms with Crippen molar-refractivity contribution >= 4 is 20.5 Å². The maximum Gasteiger partial charge on any atom is 0.323 e. The van der Waals surface area contributed by atoms with Crippen molar-refractivity contribution < 1.29 is 19.4 Å². The molecule has 0 aromatic heterocycles. The molecule has 0 radical (unpaired) electrons. The van der Waals surface area contributed by atoms with E-state index in [4.69, 9.17) is 4.74 Å². The van der Waals surface area contributed by atoms with Crippen LogP contribution >= 0.6 is 8.58 Å². The van der Waals surface area contributed by atoms with Crippen LogP contribution in [-0.2, 0) is 20.9 Å². The van der Waals surface area contributed by atoms with Gasteiger partial charge in [-0.15, -0.1) is 8.58 Å². The normalized spacial score (nSPS) is 24.0. The summed E-state index contributed by atoms with van der Waals surface area (Å²) in [6.45, 7) is 0.136. The Hall–Kier alpha value is -1.41. The minimum absolute atomic E-state index is 0.136. The molecule has 1 fully saturated rings. The molecule has 0 bridgehead atoms. The fourth-order valence-corrected chi connectivity index (χ4v) is 3.68. The molecule has 0 amide bonds. The van der Waals surface area contributed by atoms with Crippen LogP contribution in [0.1, 0.15) is 18.4 Å². The van der Waals surface area contributed by atoms with Crippen LogP contribution in [0.5, 0.6) is 0 Å². The van der Waals surface area contributed by atoms with E-state index in [1.165, 1.54) is 0 Å². The predicted molar refractivity (Wildman–Crippen MR) is 73.6 cm³/mol. The van der Waals surface area contributed by atoms with Crippen molar-refractivity contribution in [1.29, 1.82) is 0 Å². The molecule has 19 heavy (non-hydrogen) atoms. The van der Waals surface area contributed by atoms with Gasteiger partial charge in [0.1, 0.15) is 6.61 Å². The average Bonchev–Trinajstić information content (AvgIpc) is 2.46. The molecule has 4 nitrogen and oxygen atoms in total. The van der Waals surface area contributed by atoms with Crippen molar-refractivity contribution in [3.8, 4) is 0 Å². The summed E-state index contributed by atoms with van der Waals surface area (Å²) in [6.07, 6.45) is 2.39. The quantitative estimate of drug-likeness (QED) is 0.522. The maximum absolute atomic E-state index is 12.1. The second kappa shape index (κ2) is 6.16. The molecule has 1 aliphatic heterocycles. The molecule has 0 unspecified atom stereocenters. The highest BCUT2D eigenvalue weighted by atomic mass is 31.1. The lowest BCUT2D eigenvalue weighted by molar-refractivity contribution is -0.170. The molecule has 0 atom stereocenters. The van der Waals surface area contributed by atoms with Gasteiger partial charge in [-0.2, -0.15) is 0 Å². The van der Waals surface area contributed by atoms with Gasteiger partial charge in [0.15, 0.2) is 5.41 Å². The van der Waals surface area contributed by atoms with Gasteiger partial charge < -0.3 is 9.84 Å². The third-order valence-corrected chi connectivity index (χ3v) is 4.68. The van der Waals surface area contributed by atoms with E-state index >= 15 is 0 Å². The minimum atomic E-state index is -1.32. The van der Waals surface area contributed by atoms with Gasteiger partial charge in [0.05, 0.1) is 0 Å². The molecule has 1 saturated heterocycles. The number of hydrogen-bond acceptors (Lipinski definition) is 3. The number of aliphatic carboxylic acids is 1. The van der Waals surface area contributed by atoms with Gasteiger partial charge in [-0.25, -0.2) is 0 Å². The molecule has 5 heteroatoms. The van der Waals surface area contributed by atoms with Gasteiger partial charge >= 0.3 is 11.9 Å². The SMILES string of the molecule is O=C(O)C1(C(=O)OCc2ccccc2)CCPCC1. The van der Waals surface area contributed by atoms with Crippen LogP contribution in [0.3, 0.4) is 0 Å². The Morgan fingerprint density at radius 2 is 1.84 bits per heavy atom. The summed E-state index contributed by atoms with van der Waals surface area (Å²) < 4.78 is 5.22. The first-order valence-electron chi connectivity index (χ1n) is 6.30. The monoisotopic (exact) mass is 280 g/mol. The number of rotatable bonds is 4. The van der Waals surface area contributed by atoms with Crippen LogP contribution in [-0.4, -0.2) is 29.4 Å². The lowest BCUT2D eigenvalue weighted by Crippen LogP contribution is -2.43. The molecule has 1 N–H and O–H groups in total. The van der Waals surface area contributed by atoms with Crippen LogP contribution in [0.25, 0.3) is 0 Å². The first-order chi connectivity index (χ1) is 9.15. The molecule has 0 saturated carbocycles. The summed E-state index contributed by atoms with van der Waals surface area (Å²) in [6, 6.07) is 9.30. The second-order valence-electron chi connectivity index (χ2n) is 4.70. The first kappa shape index (κ1) is 14.0. The van der Waals surface area contributed by atoms with E-state index in [2.05, 4.69) is 0 Å². The minimum Gasteiger partial charge on any atom is -0.480 e. The number of carbonyl (C=O) groups excluding carboxylic acids is 1. The van der Waals surface area contributed by atoms with E-state index in [0.717, 1.165) is 26.5 Å². The van der Waals surface area contributed by atoms with Crippen LogP contribution < -0.4 is 0 Å². The largest absolute Gasteiger partial charge is 0.480 e. The summed E-state index contributed by atoms with van der Waals surface area (Å²) >= 11 is 0. The number of hydrogen-bond donors (Lipinski definition) is 1. The lowest BCUT2D eigenvalue weighted by Gasteiger charge is -2.30. The lowest BCUT2D eigenvalue weighted by atomic mass is 9.82. The molecule has 1 aliphatic rings. The van der Waals surface area contributed by atoms with Crippen molar-refractivity contribution in [2.24, 2.45) is 5.41 Å². The van der Waals surface area contributed by atoms with Gasteiger partial charge in [-0.3, -0.25) is 9.59 Å². The van der Waals surface area contributed by atoms with E-state index in [-0.39, 0.29) is 6.61 Å². The fraction of sp³-hybridized carbons (Fsp3) is 0.429. The van der Waals surface area contributed by atoms with Crippen molar-refractivity contribution in [2.75, 3.05) is 12.3 Å². The Labute approximate surface area is 113 Å². The molecule has 0 aliphatic carbocycles. The number of carboxylic acid groups (broad SMARTS) is 1. The third-order valence-electron chi connectivity index (χ3n) is 3.47. The van der Waals surface area contributed by atoms with Gasteiger partial charge in [0.2, 0.25) is 0 Å². The Bertz CT molecular complexity index is 452. The van der Waals surface area contributed by atoms with Crippen molar-refractivity contribution in [3.05, 3.63) is 35.9 Å². The van der Waals surface area contributed by atoms with Crippen LogP contribution in [0.4, 0.5) is 0 Å². The van der Waals surface area contributed by atoms with E-state index in [1.807, 2.05) is 30.3 Å². The van der Waals surface area contributed by atoms with Gasteiger partial charge in [0.25, 0.3) is 0 Å². The third kappa shape index (κ3) is 3.13. The van der Waals surface area contributed by atoms with E-state index in [9.17, 15) is 14.7 Å². The van der Waals surface area contributed by atoms with Crippen LogP contribution in [0.15, 0.2) is 30.3 Å². The summed E-state index contributed by atoms with van der Waals surface area (Å²) in [5.74, 6) is -1.64. The van der Waals surface area contributed by atoms with E-state index in [1.54, 1.807) is 0 Å². The summed E-state index contributed by atoms with van der Waals surface area (Å²) in [5.41, 5.74) is -0.450. The predicted octanol–water partition coefficient (Wildman–Crippen LogP) is 2.27. The zero-order valence-corrected chi connectivity index (χ0v) is 11.6. The van der Waals surface area contributed by atoms with E-state index in [0.29, 0.717) is 12.8 Å². The highest BCUT2D eigenvalue weighted by Gasteiger charge is 2.48. The summed E-state index contributed by atoms with van der Waals surface area (Å²) in [7, 11) is 0.758. The summed E-state index contributed by atoms with van der Waals surface area (Å²) in [5, 5.41) is 9.36. The molecular formula is C14H17O4P. The molecule has 1 aromatic carbocycles. The number of carbonyl (C=O) groups is 2. The fourth-order valence-electron chi connectivity index (χ4n) is 2.22. The Morgan fingerprint density at radius 3 is 2.42 bits per heavy atom. The zero-order chi connectivity index (χ0) is 13.7. The van der Waals surface area contributed by atoms with Crippen LogP contribution in [0.2, 0.25) is 0 Å². The van der Waals surface area contributed by atoms with Gasteiger partial charge in [0, 0.05) is 0 Å². The second-order valence-corrected chi connectivity index (χ2v) is 6.20. The van der Waals surface area contributed by atoms with Crippen molar-refractivity contribution in [3.63, 3.8) is 0 Å². The Balaban J connectivity index is 2.02. The molecule has 0 spiro atoms. The Morgan fingerprint density at radius 1 is 1.21 bits per heavy atom. The van der Waals surface area contributed by atoms with Crippen molar-refractivity contribution in [2.45, 2.75) is 19.4 Å². The van der Waals surface area contributed by atoms with E-state index < -0.39 is 17.4 Å². The highest BCUT2D eigenvalue weighted by molar-refractivity contribution is 7.38. The molecular weight excluding hydrogens is 263 g/mol. The van der Waals surface area contributed by atoms with Gasteiger partial charge in [-0.05, 0) is 30.7 Å². The number of ether oxygens (including phenoxy) is 1. The molecule has 1 heterocycles. The first-order valence-corrected chi connectivity index (χ1v) is 7.72. The maximum atomic E-state index is 12.1. The highest BCUT2D eigenvalue weighted by Crippen LogP contribution is 2.39. The van der Waals surface area contributed by atoms with Gasteiger partial charge in [-0.1, -0.05) is 30.3 Å². The average molecular weight is 280 g/mol. The standard InChI is InChI=1S/C14H17O4P/c15-12(16)14(6-8-19-9-7-14)13(17)18-10-11-4-2-1-3-5-11/h1-5,19H,6-10H2,(H,15,16).